The summed E-state index contributed by atoms with van der Waals surface area (Å²) in [5.74, 6) is 0. The molecule has 0 N–H and O–H groups in total. The van der Waals surface area contributed by atoms with Crippen LogP contribution >= 0.6 is 11.3 Å². The van der Waals surface area contributed by atoms with E-state index in [9.17, 15) is 18.5 Å². The zero-order chi connectivity index (χ0) is 15.7. The Labute approximate surface area is 132 Å². The van der Waals surface area contributed by atoms with Gasteiger partial charge in [0.1, 0.15) is 0 Å². The second kappa shape index (κ2) is 5.79. The molecule has 3 rings (SSSR count). The van der Waals surface area contributed by atoms with Crippen molar-refractivity contribution in [2.75, 3.05) is 0 Å². The monoisotopic (exact) mass is 338 g/mol. The minimum absolute atomic E-state index is 0.0100. The van der Waals surface area contributed by atoms with Gasteiger partial charge in [-0.2, -0.15) is 15.6 Å². The summed E-state index contributed by atoms with van der Waals surface area (Å²) in [6.45, 7) is 0.305. The molecule has 0 amide bonds. The maximum atomic E-state index is 12.8. The Morgan fingerprint density at radius 3 is 2.68 bits per heavy atom. The van der Waals surface area contributed by atoms with Gasteiger partial charge in [0.15, 0.2) is 0 Å². The second-order valence-corrected chi connectivity index (χ2v) is 7.84. The van der Waals surface area contributed by atoms with Gasteiger partial charge in [0, 0.05) is 24.7 Å². The fraction of sp³-hybridized carbons (Fsp3) is 0.286. The average molecular weight is 338 g/mol. The first-order valence-electron chi connectivity index (χ1n) is 6.76. The molecule has 2 aromatic rings. The van der Waals surface area contributed by atoms with Crippen molar-refractivity contribution < 1.29 is 13.3 Å². The van der Waals surface area contributed by atoms with Gasteiger partial charge in [0.2, 0.25) is 10.0 Å². The van der Waals surface area contributed by atoms with Crippen LogP contribution in [0, 0.1) is 10.1 Å². The second-order valence-electron chi connectivity index (χ2n) is 5.17. The van der Waals surface area contributed by atoms with Crippen LogP contribution in [0.3, 0.4) is 0 Å². The highest BCUT2D eigenvalue weighted by Gasteiger charge is 2.38. The van der Waals surface area contributed by atoms with Gasteiger partial charge in [0.25, 0.3) is 5.69 Å². The lowest BCUT2D eigenvalue weighted by Gasteiger charge is -2.21. The maximum Gasteiger partial charge on any atom is 0.270 e. The number of benzene rings is 1. The maximum absolute atomic E-state index is 12.8. The van der Waals surface area contributed by atoms with Crippen molar-refractivity contribution in [3.8, 4) is 0 Å². The Hall–Kier alpha value is -1.77. The van der Waals surface area contributed by atoms with Crippen LogP contribution < -0.4 is 0 Å². The number of hydrogen-bond donors (Lipinski definition) is 0. The van der Waals surface area contributed by atoms with E-state index in [1.165, 1.54) is 33.8 Å². The van der Waals surface area contributed by atoms with Gasteiger partial charge < -0.3 is 0 Å². The molecule has 1 heterocycles. The van der Waals surface area contributed by atoms with Gasteiger partial charge in [-0.15, -0.1) is 0 Å². The van der Waals surface area contributed by atoms with E-state index < -0.39 is 14.9 Å². The van der Waals surface area contributed by atoms with Crippen LogP contribution in [0.5, 0.6) is 0 Å². The Morgan fingerprint density at radius 2 is 2.09 bits per heavy atom. The topological polar surface area (TPSA) is 80.5 Å². The molecule has 8 heteroatoms. The largest absolute Gasteiger partial charge is 0.270 e. The molecule has 1 aliphatic carbocycles. The summed E-state index contributed by atoms with van der Waals surface area (Å²) in [7, 11) is -3.74. The number of nitrogens with zero attached hydrogens (tertiary/aromatic N) is 2. The van der Waals surface area contributed by atoms with Crippen LogP contribution in [0.2, 0.25) is 0 Å². The van der Waals surface area contributed by atoms with Crippen molar-refractivity contribution >= 4 is 27.0 Å². The highest BCUT2D eigenvalue weighted by atomic mass is 32.2. The lowest BCUT2D eigenvalue weighted by molar-refractivity contribution is -0.385. The summed E-state index contributed by atoms with van der Waals surface area (Å²) >= 11 is 1.52. The fourth-order valence-electron chi connectivity index (χ4n) is 2.23. The lowest BCUT2D eigenvalue weighted by atomic mass is 10.3. The molecule has 0 saturated heterocycles. The molecule has 0 atom stereocenters. The molecule has 6 nitrogen and oxygen atoms in total. The summed E-state index contributed by atoms with van der Waals surface area (Å²) < 4.78 is 27.1. The Morgan fingerprint density at radius 1 is 1.32 bits per heavy atom. The molecule has 1 aliphatic rings. The van der Waals surface area contributed by atoms with Crippen LogP contribution in [-0.4, -0.2) is 23.7 Å². The van der Waals surface area contributed by atoms with Gasteiger partial charge in [-0.05, 0) is 41.3 Å². The van der Waals surface area contributed by atoms with Gasteiger partial charge in [-0.3, -0.25) is 10.1 Å². The zero-order valence-corrected chi connectivity index (χ0v) is 13.2. The van der Waals surface area contributed by atoms with Crippen LogP contribution in [0.25, 0.3) is 0 Å². The highest BCUT2D eigenvalue weighted by molar-refractivity contribution is 7.89. The average Bonchev–Trinajstić information content (AvgIpc) is 3.20. The number of nitro benzene ring substituents is 1. The predicted molar refractivity (Wildman–Crippen MR) is 83.2 cm³/mol. The number of nitro groups is 1. The van der Waals surface area contributed by atoms with E-state index in [1.54, 1.807) is 0 Å². The highest BCUT2D eigenvalue weighted by Crippen LogP contribution is 2.34. The van der Waals surface area contributed by atoms with Crippen molar-refractivity contribution in [2.45, 2.75) is 30.3 Å². The van der Waals surface area contributed by atoms with Crippen molar-refractivity contribution in [1.29, 1.82) is 0 Å². The molecule has 1 aromatic heterocycles. The zero-order valence-electron chi connectivity index (χ0n) is 11.6. The van der Waals surface area contributed by atoms with E-state index in [2.05, 4.69) is 0 Å². The van der Waals surface area contributed by atoms with E-state index in [0.29, 0.717) is 6.54 Å². The molecular formula is C14H14N2O4S2. The Bertz CT molecular complexity index is 783. The van der Waals surface area contributed by atoms with E-state index in [4.69, 9.17) is 0 Å². The van der Waals surface area contributed by atoms with E-state index in [-0.39, 0.29) is 16.6 Å². The quantitative estimate of drug-likeness (QED) is 0.599. The number of rotatable bonds is 6. The van der Waals surface area contributed by atoms with Gasteiger partial charge in [0.05, 0.1) is 9.82 Å². The van der Waals surface area contributed by atoms with Crippen LogP contribution in [-0.2, 0) is 16.6 Å². The molecule has 0 unspecified atom stereocenters. The van der Waals surface area contributed by atoms with Crippen LogP contribution in [0.15, 0.2) is 46.0 Å². The molecule has 22 heavy (non-hydrogen) atoms. The standard InChI is InChI=1S/C14H14N2O4S2/c17-16(18)13-2-1-3-14(8-13)22(19,20)15(12-4-5-12)9-11-6-7-21-10-11/h1-3,6-8,10,12H,4-5,9H2. The number of non-ortho nitro benzene ring substituents is 1. The third kappa shape index (κ3) is 3.03. The SMILES string of the molecule is O=[N+]([O-])c1cccc(S(=O)(=O)N(Cc2ccsc2)C2CC2)c1. The molecular weight excluding hydrogens is 324 g/mol. The van der Waals surface area contributed by atoms with Crippen molar-refractivity contribution in [3.05, 3.63) is 56.8 Å². The molecule has 1 saturated carbocycles. The van der Waals surface area contributed by atoms with E-state index >= 15 is 0 Å². The summed E-state index contributed by atoms with van der Waals surface area (Å²) in [6.07, 6.45) is 1.66. The molecule has 0 radical (unpaired) electrons. The normalized spacial score (nSPS) is 15.1. The predicted octanol–water partition coefficient (Wildman–Crippen LogP) is 3.01. The number of hydrogen-bond acceptors (Lipinski definition) is 5. The third-order valence-electron chi connectivity index (χ3n) is 3.51. The number of sulfonamides is 1. The van der Waals surface area contributed by atoms with E-state index in [0.717, 1.165) is 24.5 Å². The summed E-state index contributed by atoms with van der Waals surface area (Å²) in [5.41, 5.74) is 0.721. The van der Waals surface area contributed by atoms with Crippen LogP contribution in [0.4, 0.5) is 5.69 Å². The summed E-state index contributed by atoms with van der Waals surface area (Å²) in [5, 5.41) is 14.7. The van der Waals surface area contributed by atoms with Gasteiger partial charge >= 0.3 is 0 Å². The Kier molecular flexibility index (Phi) is 3.98. The third-order valence-corrected chi connectivity index (χ3v) is 6.13. The minimum atomic E-state index is -3.74. The first-order chi connectivity index (χ1) is 10.5. The summed E-state index contributed by atoms with van der Waals surface area (Å²) in [6, 6.07) is 7.11. The molecule has 0 spiro atoms. The Balaban J connectivity index is 1.95. The van der Waals surface area contributed by atoms with Crippen molar-refractivity contribution in [2.24, 2.45) is 0 Å². The van der Waals surface area contributed by atoms with Gasteiger partial charge in [-0.1, -0.05) is 6.07 Å². The number of thiophene rings is 1. The smallest absolute Gasteiger partial charge is 0.258 e. The van der Waals surface area contributed by atoms with Crippen molar-refractivity contribution in [3.63, 3.8) is 0 Å². The molecule has 116 valence electrons. The first kappa shape index (κ1) is 15.1. The molecule has 1 aromatic carbocycles. The fourth-order valence-corrected chi connectivity index (χ4v) is 4.60. The van der Waals surface area contributed by atoms with Crippen molar-refractivity contribution in [1.82, 2.24) is 4.31 Å². The van der Waals surface area contributed by atoms with Gasteiger partial charge in [-0.25, -0.2) is 8.42 Å². The molecule has 1 fully saturated rings. The van der Waals surface area contributed by atoms with E-state index in [1.807, 2.05) is 16.8 Å². The van der Waals surface area contributed by atoms with Crippen LogP contribution in [0.1, 0.15) is 18.4 Å². The molecule has 0 aliphatic heterocycles. The minimum Gasteiger partial charge on any atom is -0.258 e. The lowest BCUT2D eigenvalue weighted by Crippen LogP contribution is -2.32. The molecule has 0 bridgehead atoms. The summed E-state index contributed by atoms with van der Waals surface area (Å²) in [4.78, 5) is 10.2. The first-order valence-corrected chi connectivity index (χ1v) is 9.14.